The van der Waals surface area contributed by atoms with Crippen molar-refractivity contribution in [3.8, 4) is 17.6 Å². The molecular formula is C22H20F3N3O4. The fourth-order valence-electron chi connectivity index (χ4n) is 2.48. The van der Waals surface area contributed by atoms with E-state index in [9.17, 15) is 22.8 Å². The molecule has 2 atom stereocenters. The molecule has 0 aliphatic rings. The highest BCUT2D eigenvalue weighted by molar-refractivity contribution is 5.97. The van der Waals surface area contributed by atoms with Gasteiger partial charge in [0.1, 0.15) is 11.8 Å². The Morgan fingerprint density at radius 3 is 2.28 bits per heavy atom. The summed E-state index contributed by atoms with van der Waals surface area (Å²) in [5, 5.41) is 11.2. The molecule has 0 unspecified atom stereocenters. The molecule has 0 fully saturated rings. The van der Waals surface area contributed by atoms with E-state index in [1.807, 2.05) is 0 Å². The fourth-order valence-corrected chi connectivity index (χ4v) is 2.48. The first-order chi connectivity index (χ1) is 15.1. The van der Waals surface area contributed by atoms with E-state index in [2.05, 4.69) is 21.9 Å². The zero-order valence-electron chi connectivity index (χ0n) is 16.8. The number of halogens is 3. The van der Waals surface area contributed by atoms with Crippen LogP contribution >= 0.6 is 0 Å². The lowest BCUT2D eigenvalue weighted by Crippen LogP contribution is -2.54. The molecule has 2 aromatic rings. The number of amides is 2. The minimum atomic E-state index is -4.75. The Morgan fingerprint density at radius 1 is 1.12 bits per heavy atom. The minimum Gasteiger partial charge on any atom is -0.406 e. The van der Waals surface area contributed by atoms with Crippen LogP contribution in [0.2, 0.25) is 0 Å². The van der Waals surface area contributed by atoms with E-state index in [0.717, 1.165) is 5.56 Å². The highest BCUT2D eigenvalue weighted by atomic mass is 19.4. The molecule has 0 saturated heterocycles. The van der Waals surface area contributed by atoms with Gasteiger partial charge in [0, 0.05) is 17.2 Å². The maximum atomic E-state index is 12.3. The Labute approximate surface area is 182 Å². The highest BCUT2D eigenvalue weighted by Crippen LogP contribution is 2.22. The van der Waals surface area contributed by atoms with Crippen molar-refractivity contribution < 1.29 is 32.7 Å². The van der Waals surface area contributed by atoms with Crippen LogP contribution in [0.1, 0.15) is 28.4 Å². The fraction of sp³-hybridized carbons (Fsp3) is 0.182. The third-order valence-corrected chi connectivity index (χ3v) is 4.04. The first-order valence-corrected chi connectivity index (χ1v) is 9.23. The van der Waals surface area contributed by atoms with Crippen LogP contribution in [0.3, 0.4) is 0 Å². The van der Waals surface area contributed by atoms with Crippen LogP contribution in [0.15, 0.2) is 54.6 Å². The molecule has 2 rings (SSSR count). The number of allylic oxidation sites excluding steroid dienone is 1. The summed E-state index contributed by atoms with van der Waals surface area (Å²) < 4.78 is 40.2. The number of rotatable bonds is 6. The van der Waals surface area contributed by atoms with Crippen molar-refractivity contribution >= 4 is 17.9 Å². The van der Waals surface area contributed by atoms with Crippen molar-refractivity contribution in [3.63, 3.8) is 0 Å². The van der Waals surface area contributed by atoms with E-state index in [1.165, 1.54) is 48.8 Å². The average Bonchev–Trinajstić information content (AvgIpc) is 2.74. The van der Waals surface area contributed by atoms with Crippen molar-refractivity contribution in [2.24, 2.45) is 5.73 Å². The second-order valence-corrected chi connectivity index (χ2v) is 6.58. The van der Waals surface area contributed by atoms with E-state index >= 15 is 0 Å². The van der Waals surface area contributed by atoms with E-state index in [4.69, 9.17) is 10.9 Å². The van der Waals surface area contributed by atoms with Crippen LogP contribution < -0.4 is 21.3 Å². The van der Waals surface area contributed by atoms with Gasteiger partial charge >= 0.3 is 6.36 Å². The number of benzene rings is 2. The molecule has 0 spiro atoms. The van der Waals surface area contributed by atoms with Gasteiger partial charge in [-0.1, -0.05) is 24.0 Å². The van der Waals surface area contributed by atoms with Crippen LogP contribution in [0.5, 0.6) is 5.75 Å². The first kappa shape index (κ1) is 24.5. The van der Waals surface area contributed by atoms with Gasteiger partial charge < -0.3 is 15.8 Å². The number of alkyl halides is 3. The van der Waals surface area contributed by atoms with Crippen LogP contribution in [0.25, 0.3) is 6.08 Å². The molecule has 168 valence electrons. The second-order valence-electron chi connectivity index (χ2n) is 6.58. The highest BCUT2D eigenvalue weighted by Gasteiger charge is 2.30. The van der Waals surface area contributed by atoms with Gasteiger partial charge in [-0.3, -0.25) is 14.8 Å². The summed E-state index contributed by atoms with van der Waals surface area (Å²) >= 11 is 0. The molecular weight excluding hydrogens is 427 g/mol. The van der Waals surface area contributed by atoms with Gasteiger partial charge in [0.2, 0.25) is 0 Å². The lowest BCUT2D eigenvalue weighted by Gasteiger charge is -2.20. The van der Waals surface area contributed by atoms with Crippen LogP contribution in [0.4, 0.5) is 13.2 Å². The molecule has 0 aromatic heterocycles. The number of hydrogen-bond acceptors (Lipinski definition) is 5. The third-order valence-electron chi connectivity index (χ3n) is 4.04. The van der Waals surface area contributed by atoms with Gasteiger partial charge in [0.15, 0.2) is 0 Å². The molecule has 32 heavy (non-hydrogen) atoms. The minimum absolute atomic E-state index is 0.283. The molecule has 0 aliphatic heterocycles. The lowest BCUT2D eigenvalue weighted by molar-refractivity contribution is -0.274. The Bertz CT molecular complexity index is 1020. The predicted molar refractivity (Wildman–Crippen MR) is 110 cm³/mol. The van der Waals surface area contributed by atoms with Crippen molar-refractivity contribution in [1.29, 1.82) is 0 Å². The smallest absolute Gasteiger partial charge is 0.406 e. The predicted octanol–water partition coefficient (Wildman–Crippen LogP) is 2.60. The molecule has 0 saturated carbocycles. The summed E-state index contributed by atoms with van der Waals surface area (Å²) in [5.41, 5.74) is 8.63. The largest absolute Gasteiger partial charge is 0.573 e. The SMILES string of the molecule is C[C@@H](N)[C@H](NC(=O)c1ccc(C=CC#Cc2ccc(OC(F)(F)F)cc2)cc1)C(=O)NO. The van der Waals surface area contributed by atoms with E-state index in [0.29, 0.717) is 5.56 Å². The summed E-state index contributed by atoms with van der Waals surface area (Å²) in [6, 6.07) is 9.72. The van der Waals surface area contributed by atoms with E-state index < -0.39 is 30.3 Å². The quantitative estimate of drug-likeness (QED) is 0.309. The van der Waals surface area contributed by atoms with Crippen molar-refractivity contribution in [3.05, 3.63) is 71.3 Å². The van der Waals surface area contributed by atoms with Gasteiger partial charge in [-0.05, 0) is 61.0 Å². The summed E-state index contributed by atoms with van der Waals surface area (Å²) in [5.74, 6) is 3.84. The summed E-state index contributed by atoms with van der Waals surface area (Å²) in [7, 11) is 0. The lowest BCUT2D eigenvalue weighted by atomic mass is 10.1. The first-order valence-electron chi connectivity index (χ1n) is 9.23. The Hall–Kier alpha value is -3.81. The third kappa shape index (κ3) is 7.79. The summed E-state index contributed by atoms with van der Waals surface area (Å²) in [6.45, 7) is 1.51. The normalized spacial score (nSPS) is 12.9. The maximum Gasteiger partial charge on any atom is 0.573 e. The molecule has 0 heterocycles. The molecule has 0 bridgehead atoms. The van der Waals surface area contributed by atoms with Crippen LogP contribution in [0, 0.1) is 11.8 Å². The molecule has 10 heteroatoms. The van der Waals surface area contributed by atoms with Gasteiger partial charge in [-0.25, -0.2) is 5.48 Å². The van der Waals surface area contributed by atoms with E-state index in [-0.39, 0.29) is 11.3 Å². The maximum absolute atomic E-state index is 12.3. The summed E-state index contributed by atoms with van der Waals surface area (Å²) in [4.78, 5) is 23.8. The number of hydroxylamine groups is 1. The number of ether oxygens (including phenoxy) is 1. The molecule has 2 aromatic carbocycles. The number of hydrogen-bond donors (Lipinski definition) is 4. The van der Waals surface area contributed by atoms with Crippen LogP contribution in [-0.2, 0) is 4.79 Å². The van der Waals surface area contributed by atoms with Gasteiger partial charge in [0.25, 0.3) is 11.8 Å². The van der Waals surface area contributed by atoms with Crippen molar-refractivity contribution in [2.75, 3.05) is 0 Å². The zero-order valence-corrected chi connectivity index (χ0v) is 16.8. The molecule has 0 aliphatic carbocycles. The Balaban J connectivity index is 1.97. The number of carbonyl (C=O) groups excluding carboxylic acids is 2. The van der Waals surface area contributed by atoms with Gasteiger partial charge in [-0.2, -0.15) is 0 Å². The molecule has 7 nitrogen and oxygen atoms in total. The number of nitrogens with one attached hydrogen (secondary N) is 2. The van der Waals surface area contributed by atoms with Crippen molar-refractivity contribution in [1.82, 2.24) is 10.8 Å². The van der Waals surface area contributed by atoms with Crippen molar-refractivity contribution in [2.45, 2.75) is 25.4 Å². The monoisotopic (exact) mass is 447 g/mol. The Kier molecular flexibility index (Phi) is 8.40. The standard InChI is InChI=1S/C22H20F3N3O4/c1-14(26)19(21(30)28-31)27-20(29)17-10-6-15(7-11-17)4-2-3-5-16-8-12-18(13-9-16)32-22(23,24)25/h2,4,6-14,19,31H,26H2,1H3,(H,27,29)(H,28,30)/t14-,19+/m1/s1. The van der Waals surface area contributed by atoms with Gasteiger partial charge in [-0.15, -0.1) is 13.2 Å². The van der Waals surface area contributed by atoms with Gasteiger partial charge in [0.05, 0.1) is 0 Å². The number of carbonyl (C=O) groups is 2. The second kappa shape index (κ2) is 11.0. The Morgan fingerprint density at radius 2 is 1.75 bits per heavy atom. The van der Waals surface area contributed by atoms with E-state index in [1.54, 1.807) is 24.3 Å². The molecule has 5 N–H and O–H groups in total. The topological polar surface area (TPSA) is 114 Å². The average molecular weight is 447 g/mol. The molecule has 0 radical (unpaired) electrons. The zero-order chi connectivity index (χ0) is 23.7. The molecule has 2 amide bonds. The number of nitrogens with two attached hydrogens (primary N) is 1. The van der Waals surface area contributed by atoms with Crippen LogP contribution in [-0.4, -0.2) is 35.5 Å². The summed E-state index contributed by atoms with van der Waals surface area (Å²) in [6.07, 6.45) is -1.52.